The lowest BCUT2D eigenvalue weighted by molar-refractivity contribution is -0.114. The molecule has 1 atom stereocenters. The Morgan fingerprint density at radius 3 is 2.74 bits per heavy atom. The van der Waals surface area contributed by atoms with Crippen LogP contribution in [0.15, 0.2) is 47.5 Å². The summed E-state index contributed by atoms with van der Waals surface area (Å²) in [6, 6.07) is 12.5. The molecule has 2 aromatic rings. The first-order valence-electron chi connectivity index (χ1n) is 10.2. The van der Waals surface area contributed by atoms with Gasteiger partial charge in [-0.2, -0.15) is 0 Å². The van der Waals surface area contributed by atoms with Gasteiger partial charge in [0.25, 0.3) is 5.91 Å². The Labute approximate surface area is 182 Å². The Kier molecular flexibility index (Phi) is 7.61. The van der Waals surface area contributed by atoms with Crippen molar-refractivity contribution in [3.05, 3.63) is 53.6 Å². The van der Waals surface area contributed by atoms with Crippen molar-refractivity contribution in [2.24, 2.45) is 4.99 Å². The van der Waals surface area contributed by atoms with E-state index in [1.165, 1.54) is 6.92 Å². The van der Waals surface area contributed by atoms with Gasteiger partial charge in [-0.3, -0.25) is 14.9 Å². The summed E-state index contributed by atoms with van der Waals surface area (Å²) in [5.41, 5.74) is 2.60. The Hall–Kier alpha value is -3.39. The lowest BCUT2D eigenvalue weighted by Crippen LogP contribution is -2.36. The van der Waals surface area contributed by atoms with E-state index >= 15 is 0 Å². The number of amides is 2. The van der Waals surface area contributed by atoms with E-state index < -0.39 is 0 Å². The summed E-state index contributed by atoms with van der Waals surface area (Å²) in [6.07, 6.45) is 2.01. The molecule has 0 bridgehead atoms. The summed E-state index contributed by atoms with van der Waals surface area (Å²) >= 11 is 0. The summed E-state index contributed by atoms with van der Waals surface area (Å²) < 4.78 is 10.9. The first-order valence-corrected chi connectivity index (χ1v) is 10.2. The highest BCUT2D eigenvalue weighted by Gasteiger charge is 2.17. The topological polar surface area (TPSA) is 101 Å². The zero-order chi connectivity index (χ0) is 22.2. The van der Waals surface area contributed by atoms with Crippen LogP contribution in [0.4, 0.5) is 11.4 Å². The van der Waals surface area contributed by atoms with E-state index in [9.17, 15) is 9.59 Å². The molecule has 0 aliphatic carbocycles. The first-order chi connectivity index (χ1) is 14.9. The normalized spacial score (nSPS) is 16.0. The Bertz CT molecular complexity index is 968. The van der Waals surface area contributed by atoms with Gasteiger partial charge >= 0.3 is 0 Å². The van der Waals surface area contributed by atoms with Gasteiger partial charge in [0.2, 0.25) is 11.9 Å². The molecule has 3 rings (SSSR count). The zero-order valence-electron chi connectivity index (χ0n) is 18.0. The second-order valence-electron chi connectivity index (χ2n) is 7.35. The highest BCUT2D eigenvalue weighted by Crippen LogP contribution is 2.19. The second-order valence-corrected chi connectivity index (χ2v) is 7.35. The molecule has 1 fully saturated rings. The highest BCUT2D eigenvalue weighted by molar-refractivity contribution is 6.10. The van der Waals surface area contributed by atoms with E-state index in [0.717, 1.165) is 30.7 Å². The standard InChI is InChI=1S/C23H28N4O4/c1-15-9-10-17(12-21(15)25-16(2)28)22(29)27-23(24-14-20-8-5-11-31-20)26-18-6-4-7-19(13-18)30-3/h4,6-7,9-10,12-13,20H,5,8,11,14H2,1-3H3,(H,25,28)(H2,24,26,27,29). The summed E-state index contributed by atoms with van der Waals surface area (Å²) in [4.78, 5) is 28.9. The molecule has 31 heavy (non-hydrogen) atoms. The maximum Gasteiger partial charge on any atom is 0.258 e. The molecule has 0 aromatic heterocycles. The van der Waals surface area contributed by atoms with Crippen molar-refractivity contribution in [2.75, 3.05) is 30.9 Å². The van der Waals surface area contributed by atoms with Crippen LogP contribution < -0.4 is 20.7 Å². The number of carbonyl (C=O) groups excluding carboxylic acids is 2. The number of rotatable bonds is 6. The van der Waals surface area contributed by atoms with Gasteiger partial charge in [0.15, 0.2) is 0 Å². The molecule has 0 saturated carbocycles. The van der Waals surface area contributed by atoms with Crippen LogP contribution in [0.5, 0.6) is 5.75 Å². The summed E-state index contributed by atoms with van der Waals surface area (Å²) in [5.74, 6) is 0.468. The van der Waals surface area contributed by atoms with Gasteiger partial charge < -0.3 is 20.1 Å². The molecule has 1 unspecified atom stereocenters. The Morgan fingerprint density at radius 2 is 2.03 bits per heavy atom. The number of hydrogen-bond donors (Lipinski definition) is 3. The minimum atomic E-state index is -0.340. The second kappa shape index (κ2) is 10.6. The fourth-order valence-corrected chi connectivity index (χ4v) is 3.20. The van der Waals surface area contributed by atoms with E-state index in [1.54, 1.807) is 25.3 Å². The SMILES string of the molecule is COc1cccc(NC(=NCC2CCCO2)NC(=O)c2ccc(C)c(NC(C)=O)c2)c1. The van der Waals surface area contributed by atoms with Gasteiger partial charge in [-0.15, -0.1) is 0 Å². The number of hydrogen-bond acceptors (Lipinski definition) is 5. The number of aryl methyl sites for hydroxylation is 1. The fourth-order valence-electron chi connectivity index (χ4n) is 3.20. The number of methoxy groups -OCH3 is 1. The smallest absolute Gasteiger partial charge is 0.258 e. The molecule has 0 radical (unpaired) electrons. The molecule has 8 nitrogen and oxygen atoms in total. The average Bonchev–Trinajstić information content (AvgIpc) is 3.27. The number of aliphatic imine (C=N–C) groups is 1. The maximum atomic E-state index is 12.9. The minimum absolute atomic E-state index is 0.0461. The van der Waals surface area contributed by atoms with Gasteiger partial charge in [-0.1, -0.05) is 12.1 Å². The van der Waals surface area contributed by atoms with E-state index in [-0.39, 0.29) is 17.9 Å². The van der Waals surface area contributed by atoms with Gasteiger partial charge in [0, 0.05) is 36.5 Å². The third-order valence-electron chi connectivity index (χ3n) is 4.85. The quantitative estimate of drug-likeness (QED) is 0.488. The van der Waals surface area contributed by atoms with Crippen molar-refractivity contribution in [2.45, 2.75) is 32.8 Å². The monoisotopic (exact) mass is 424 g/mol. The summed E-state index contributed by atoms with van der Waals surface area (Å²) in [7, 11) is 1.59. The fraction of sp³-hybridized carbons (Fsp3) is 0.348. The predicted octanol–water partition coefficient (Wildman–Crippen LogP) is 3.34. The highest BCUT2D eigenvalue weighted by atomic mass is 16.5. The molecule has 164 valence electrons. The molecule has 1 saturated heterocycles. The molecule has 2 aromatic carbocycles. The molecular weight excluding hydrogens is 396 g/mol. The van der Waals surface area contributed by atoms with Crippen LogP contribution in [0.25, 0.3) is 0 Å². The van der Waals surface area contributed by atoms with Gasteiger partial charge in [-0.05, 0) is 49.6 Å². The number of benzene rings is 2. The van der Waals surface area contributed by atoms with Crippen molar-refractivity contribution >= 4 is 29.1 Å². The van der Waals surface area contributed by atoms with Gasteiger partial charge in [0.05, 0.1) is 19.8 Å². The van der Waals surface area contributed by atoms with E-state index in [0.29, 0.717) is 29.5 Å². The van der Waals surface area contributed by atoms with Crippen LogP contribution in [0, 0.1) is 6.92 Å². The number of guanidine groups is 1. The van der Waals surface area contributed by atoms with Crippen LogP contribution in [0.3, 0.4) is 0 Å². The average molecular weight is 425 g/mol. The largest absolute Gasteiger partial charge is 0.497 e. The molecule has 2 amide bonds. The lowest BCUT2D eigenvalue weighted by Gasteiger charge is -2.15. The van der Waals surface area contributed by atoms with Crippen molar-refractivity contribution in [1.82, 2.24) is 5.32 Å². The van der Waals surface area contributed by atoms with E-state index in [1.807, 2.05) is 31.2 Å². The van der Waals surface area contributed by atoms with Crippen molar-refractivity contribution in [3.8, 4) is 5.75 Å². The maximum absolute atomic E-state index is 12.9. The van der Waals surface area contributed by atoms with Crippen molar-refractivity contribution in [3.63, 3.8) is 0 Å². The van der Waals surface area contributed by atoms with Crippen LogP contribution in [0.2, 0.25) is 0 Å². The molecule has 1 aliphatic rings. The Morgan fingerprint density at radius 1 is 1.19 bits per heavy atom. The summed E-state index contributed by atoms with van der Waals surface area (Å²) in [5, 5.41) is 8.72. The number of anilines is 2. The van der Waals surface area contributed by atoms with Crippen molar-refractivity contribution in [1.29, 1.82) is 0 Å². The molecule has 1 heterocycles. The van der Waals surface area contributed by atoms with E-state index in [2.05, 4.69) is 20.9 Å². The van der Waals surface area contributed by atoms with Crippen molar-refractivity contribution < 1.29 is 19.1 Å². The predicted molar refractivity (Wildman–Crippen MR) is 121 cm³/mol. The number of nitrogens with one attached hydrogen (secondary N) is 3. The third kappa shape index (κ3) is 6.55. The molecule has 0 spiro atoms. The number of ether oxygens (including phenoxy) is 2. The zero-order valence-corrected chi connectivity index (χ0v) is 18.0. The molecule has 1 aliphatic heterocycles. The van der Waals surface area contributed by atoms with Crippen LogP contribution in [0.1, 0.15) is 35.7 Å². The number of carbonyl (C=O) groups is 2. The van der Waals surface area contributed by atoms with Crippen LogP contribution in [-0.4, -0.2) is 44.1 Å². The third-order valence-corrected chi connectivity index (χ3v) is 4.85. The lowest BCUT2D eigenvalue weighted by atomic mass is 10.1. The number of nitrogens with zero attached hydrogens (tertiary/aromatic N) is 1. The first kappa shape index (κ1) is 22.3. The molecule has 8 heteroatoms. The Balaban J connectivity index is 1.78. The van der Waals surface area contributed by atoms with E-state index in [4.69, 9.17) is 9.47 Å². The summed E-state index contributed by atoms with van der Waals surface area (Å²) in [6.45, 7) is 4.48. The van der Waals surface area contributed by atoms with Crippen LogP contribution in [-0.2, 0) is 9.53 Å². The minimum Gasteiger partial charge on any atom is -0.497 e. The molecule has 3 N–H and O–H groups in total. The molecular formula is C23H28N4O4. The van der Waals surface area contributed by atoms with Gasteiger partial charge in [0.1, 0.15) is 5.75 Å². The van der Waals surface area contributed by atoms with Crippen LogP contribution >= 0.6 is 0 Å². The van der Waals surface area contributed by atoms with Gasteiger partial charge in [-0.25, -0.2) is 4.99 Å².